The minimum atomic E-state index is 0.306. The van der Waals surface area contributed by atoms with Gasteiger partial charge in [0.25, 0.3) is 0 Å². The summed E-state index contributed by atoms with van der Waals surface area (Å²) in [5.74, 6) is 1.85. The summed E-state index contributed by atoms with van der Waals surface area (Å²) < 4.78 is 5.47. The van der Waals surface area contributed by atoms with Crippen LogP contribution >= 0.6 is 0 Å². The van der Waals surface area contributed by atoms with Gasteiger partial charge in [0.05, 0.1) is 6.10 Å². The van der Waals surface area contributed by atoms with E-state index < -0.39 is 0 Å². The van der Waals surface area contributed by atoms with Crippen molar-refractivity contribution in [1.29, 1.82) is 0 Å². The van der Waals surface area contributed by atoms with Gasteiger partial charge in [-0.3, -0.25) is 4.79 Å². The number of fused-ring (bicyclic) bond motifs is 2. The maximum absolute atomic E-state index is 11.4. The summed E-state index contributed by atoms with van der Waals surface area (Å²) in [4.78, 5) is 11.4. The van der Waals surface area contributed by atoms with Crippen molar-refractivity contribution in [2.45, 2.75) is 32.8 Å². The molecule has 2 nitrogen and oxygen atoms in total. The van der Waals surface area contributed by atoms with Crippen LogP contribution < -0.4 is 0 Å². The van der Waals surface area contributed by atoms with Crippen molar-refractivity contribution >= 4 is 5.78 Å². The molecule has 0 aromatic rings. The Balaban J connectivity index is 2.14. The summed E-state index contributed by atoms with van der Waals surface area (Å²) in [7, 11) is 0. The Morgan fingerprint density at radius 2 is 2.00 bits per heavy atom. The Bertz CT molecular complexity index is 200. The van der Waals surface area contributed by atoms with Gasteiger partial charge in [0, 0.05) is 5.92 Å². The third-order valence-electron chi connectivity index (χ3n) is 3.40. The molecule has 0 amide bonds. The Kier molecular flexibility index (Phi) is 1.95. The molecule has 0 radical (unpaired) electrons. The molecule has 1 aliphatic heterocycles. The van der Waals surface area contributed by atoms with Crippen molar-refractivity contribution in [2.24, 2.45) is 17.8 Å². The van der Waals surface area contributed by atoms with E-state index in [0.717, 1.165) is 12.8 Å². The number of hydrogen-bond donors (Lipinski definition) is 0. The van der Waals surface area contributed by atoms with E-state index in [0.29, 0.717) is 36.2 Å². The normalized spacial score (nSPS) is 47.7. The van der Waals surface area contributed by atoms with Crippen molar-refractivity contribution in [3.05, 3.63) is 0 Å². The molecule has 0 aromatic carbocycles. The van der Waals surface area contributed by atoms with Crippen LogP contribution in [0.5, 0.6) is 0 Å². The van der Waals surface area contributed by atoms with Gasteiger partial charge in [-0.1, -0.05) is 13.8 Å². The van der Waals surface area contributed by atoms with Crippen LogP contribution in [0.2, 0.25) is 0 Å². The molecule has 1 heterocycles. The van der Waals surface area contributed by atoms with Crippen LogP contribution in [0.25, 0.3) is 0 Å². The number of carbonyl (C=O) groups is 1. The van der Waals surface area contributed by atoms with Gasteiger partial charge in [-0.25, -0.2) is 0 Å². The number of hydrogen-bond acceptors (Lipinski definition) is 2. The smallest absolute Gasteiger partial charge is 0.161 e. The first-order valence-corrected chi connectivity index (χ1v) is 4.83. The fraction of sp³-hybridized carbons (Fsp3) is 0.900. The highest BCUT2D eigenvalue weighted by Crippen LogP contribution is 2.38. The highest BCUT2D eigenvalue weighted by atomic mass is 16.5. The summed E-state index contributed by atoms with van der Waals surface area (Å²) in [6.45, 7) is 4.79. The molecular formula is C10H16O2. The first kappa shape index (κ1) is 8.24. The van der Waals surface area contributed by atoms with Crippen molar-refractivity contribution in [3.8, 4) is 0 Å². The molecule has 12 heavy (non-hydrogen) atoms. The van der Waals surface area contributed by atoms with E-state index in [9.17, 15) is 4.79 Å². The SMILES string of the molecule is C[C@@H]1C[C@H](C)C2CC1OCC2=O. The van der Waals surface area contributed by atoms with Crippen LogP contribution in [0, 0.1) is 17.8 Å². The van der Waals surface area contributed by atoms with Crippen molar-refractivity contribution in [3.63, 3.8) is 0 Å². The van der Waals surface area contributed by atoms with E-state index in [1.54, 1.807) is 0 Å². The monoisotopic (exact) mass is 168 g/mol. The summed E-state index contributed by atoms with van der Waals surface area (Å²) in [6.07, 6.45) is 2.49. The quantitative estimate of drug-likeness (QED) is 0.549. The second kappa shape index (κ2) is 2.84. The number of ether oxygens (including phenoxy) is 1. The Hall–Kier alpha value is -0.370. The summed E-state index contributed by atoms with van der Waals surface area (Å²) in [6, 6.07) is 0. The summed E-state index contributed by atoms with van der Waals surface area (Å²) in [5.41, 5.74) is 0. The maximum atomic E-state index is 11.4. The Labute approximate surface area is 73.3 Å². The molecule has 2 unspecified atom stereocenters. The van der Waals surface area contributed by atoms with Crippen molar-refractivity contribution in [1.82, 2.24) is 0 Å². The van der Waals surface area contributed by atoms with Crippen LogP contribution in [0.4, 0.5) is 0 Å². The molecule has 1 saturated carbocycles. The van der Waals surface area contributed by atoms with Crippen LogP contribution in [0.1, 0.15) is 26.7 Å². The number of ketones is 1. The van der Waals surface area contributed by atoms with E-state index >= 15 is 0 Å². The van der Waals surface area contributed by atoms with E-state index in [1.807, 2.05) is 0 Å². The van der Waals surface area contributed by atoms with Crippen molar-refractivity contribution < 1.29 is 9.53 Å². The van der Waals surface area contributed by atoms with Gasteiger partial charge in [0.1, 0.15) is 6.61 Å². The molecule has 2 bridgehead atoms. The van der Waals surface area contributed by atoms with Gasteiger partial charge >= 0.3 is 0 Å². The first-order chi connectivity index (χ1) is 5.68. The summed E-state index contributed by atoms with van der Waals surface area (Å²) in [5, 5.41) is 0. The molecule has 0 N–H and O–H groups in total. The van der Waals surface area contributed by atoms with Gasteiger partial charge in [0.2, 0.25) is 0 Å². The van der Waals surface area contributed by atoms with E-state index in [2.05, 4.69) is 13.8 Å². The molecule has 1 aliphatic carbocycles. The molecule has 0 spiro atoms. The average molecular weight is 168 g/mol. The van der Waals surface area contributed by atoms with Gasteiger partial charge in [-0.05, 0) is 24.7 Å². The summed E-state index contributed by atoms with van der Waals surface area (Å²) >= 11 is 0. The number of Topliss-reactive ketones (excluding diaryl/α,β-unsaturated/α-hetero) is 1. The highest BCUT2D eigenvalue weighted by molar-refractivity contribution is 5.83. The van der Waals surface area contributed by atoms with Crippen LogP contribution in [-0.2, 0) is 9.53 Å². The second-order valence-electron chi connectivity index (χ2n) is 4.35. The molecule has 68 valence electrons. The lowest BCUT2D eigenvalue weighted by Gasteiger charge is -2.41. The predicted molar refractivity (Wildman–Crippen MR) is 45.8 cm³/mol. The zero-order chi connectivity index (χ0) is 8.72. The van der Waals surface area contributed by atoms with Crippen molar-refractivity contribution in [2.75, 3.05) is 6.61 Å². The van der Waals surface area contributed by atoms with Crippen LogP contribution in [0.15, 0.2) is 0 Å². The Morgan fingerprint density at radius 1 is 1.25 bits per heavy atom. The number of rotatable bonds is 0. The lowest BCUT2D eigenvalue weighted by Crippen LogP contribution is -2.45. The third kappa shape index (κ3) is 1.18. The zero-order valence-electron chi connectivity index (χ0n) is 7.75. The molecule has 0 aromatic heterocycles. The molecule has 2 fully saturated rings. The van der Waals surface area contributed by atoms with Gasteiger partial charge < -0.3 is 4.74 Å². The Morgan fingerprint density at radius 3 is 2.75 bits per heavy atom. The second-order valence-corrected chi connectivity index (χ2v) is 4.35. The van der Waals surface area contributed by atoms with Gasteiger partial charge in [0.15, 0.2) is 5.78 Å². The topological polar surface area (TPSA) is 26.3 Å². The lowest BCUT2D eigenvalue weighted by molar-refractivity contribution is -0.149. The first-order valence-electron chi connectivity index (χ1n) is 4.83. The van der Waals surface area contributed by atoms with Gasteiger partial charge in [-0.15, -0.1) is 0 Å². The third-order valence-corrected chi connectivity index (χ3v) is 3.40. The standard InChI is InChI=1S/C10H16O2/c1-6-3-7(2)10-4-8(6)9(11)5-12-10/h6-8,10H,3-5H2,1-2H3/t6-,7+,8?,10?/m0/s1. The fourth-order valence-electron chi connectivity index (χ4n) is 2.59. The molecule has 4 atom stereocenters. The molecular weight excluding hydrogens is 152 g/mol. The fourth-order valence-corrected chi connectivity index (χ4v) is 2.59. The van der Waals surface area contributed by atoms with Gasteiger partial charge in [-0.2, -0.15) is 0 Å². The highest BCUT2D eigenvalue weighted by Gasteiger charge is 2.40. The van der Waals surface area contributed by atoms with Crippen LogP contribution in [0.3, 0.4) is 0 Å². The molecule has 2 heteroatoms. The molecule has 1 saturated heterocycles. The zero-order valence-corrected chi connectivity index (χ0v) is 7.75. The minimum absolute atomic E-state index is 0.306. The number of carbonyl (C=O) groups excluding carboxylic acids is 1. The molecule has 2 rings (SSSR count). The lowest BCUT2D eigenvalue weighted by atomic mass is 9.71. The largest absolute Gasteiger partial charge is 0.370 e. The predicted octanol–water partition coefficient (Wildman–Crippen LogP) is 1.64. The molecule has 2 aliphatic rings. The minimum Gasteiger partial charge on any atom is -0.370 e. The van der Waals surface area contributed by atoms with E-state index in [4.69, 9.17) is 4.74 Å². The average Bonchev–Trinajstić information content (AvgIpc) is 2.03. The van der Waals surface area contributed by atoms with E-state index in [-0.39, 0.29) is 0 Å². The van der Waals surface area contributed by atoms with E-state index in [1.165, 1.54) is 0 Å². The maximum Gasteiger partial charge on any atom is 0.161 e. The van der Waals surface area contributed by atoms with Crippen LogP contribution in [-0.4, -0.2) is 18.5 Å².